The summed E-state index contributed by atoms with van der Waals surface area (Å²) < 4.78 is 9.22. The van der Waals surface area contributed by atoms with E-state index >= 15 is 0 Å². The minimum absolute atomic E-state index is 0.0345. The van der Waals surface area contributed by atoms with Crippen molar-refractivity contribution in [2.75, 3.05) is 11.9 Å². The molecule has 3 aromatic rings. The van der Waals surface area contributed by atoms with Crippen LogP contribution in [0, 0.1) is 32.1 Å². The minimum Gasteiger partial charge on any atom is -0.454 e. The van der Waals surface area contributed by atoms with Crippen molar-refractivity contribution in [1.82, 2.24) is 9.13 Å². The highest BCUT2D eigenvalue weighted by Crippen LogP contribution is 2.37. The van der Waals surface area contributed by atoms with Crippen LogP contribution < -0.4 is 5.32 Å². The number of hydrogen-bond donors (Lipinski definition) is 1. The lowest BCUT2D eigenvalue weighted by Crippen LogP contribution is -2.25. The van der Waals surface area contributed by atoms with Gasteiger partial charge in [-0.05, 0) is 56.7 Å². The standard InChI is InChI=1S/C25H28N4O3/c1-16-12-19-8-4-7-11-22(19)28(16)14-24(31)32-15-23(30)27-25-21(13-26)17(2)18(3)29(25)20-9-5-6-10-20/h4,7-8,11-12,20H,5-6,9-10,14-15H2,1-3H3,(H,27,30). The molecule has 2 aromatic heterocycles. The van der Waals surface area contributed by atoms with Gasteiger partial charge in [0.25, 0.3) is 5.91 Å². The van der Waals surface area contributed by atoms with Crippen LogP contribution in [0.5, 0.6) is 0 Å². The Morgan fingerprint density at radius 3 is 2.62 bits per heavy atom. The predicted octanol–water partition coefficient (Wildman–Crippen LogP) is 4.54. The maximum absolute atomic E-state index is 12.6. The van der Waals surface area contributed by atoms with Crippen LogP contribution in [-0.2, 0) is 20.9 Å². The molecule has 1 aromatic carbocycles. The van der Waals surface area contributed by atoms with Crippen molar-refractivity contribution in [3.63, 3.8) is 0 Å². The molecular weight excluding hydrogens is 404 g/mol. The summed E-state index contributed by atoms with van der Waals surface area (Å²) in [5.74, 6) is -0.410. The summed E-state index contributed by atoms with van der Waals surface area (Å²) in [4.78, 5) is 25.1. The molecule has 1 fully saturated rings. The van der Waals surface area contributed by atoms with Gasteiger partial charge in [0.2, 0.25) is 0 Å². The van der Waals surface area contributed by atoms with Gasteiger partial charge in [0.1, 0.15) is 18.4 Å². The summed E-state index contributed by atoms with van der Waals surface area (Å²) in [5.41, 5.74) is 4.25. The average molecular weight is 433 g/mol. The number of hydrogen-bond acceptors (Lipinski definition) is 4. The molecule has 7 heteroatoms. The lowest BCUT2D eigenvalue weighted by Gasteiger charge is -2.19. The molecule has 32 heavy (non-hydrogen) atoms. The third-order valence-corrected chi connectivity index (χ3v) is 6.49. The van der Waals surface area contributed by atoms with E-state index in [1.165, 1.54) is 0 Å². The number of para-hydroxylation sites is 1. The van der Waals surface area contributed by atoms with Gasteiger partial charge in [0.05, 0.1) is 5.56 Å². The second-order valence-corrected chi connectivity index (χ2v) is 8.49. The van der Waals surface area contributed by atoms with E-state index in [9.17, 15) is 14.9 Å². The highest BCUT2D eigenvalue weighted by atomic mass is 16.5. The van der Waals surface area contributed by atoms with E-state index in [1.807, 2.05) is 55.7 Å². The number of ether oxygens (including phenoxy) is 1. The van der Waals surface area contributed by atoms with E-state index in [-0.39, 0.29) is 12.6 Å². The van der Waals surface area contributed by atoms with Gasteiger partial charge in [-0.1, -0.05) is 31.0 Å². The third kappa shape index (κ3) is 4.01. The lowest BCUT2D eigenvalue weighted by atomic mass is 10.2. The smallest absolute Gasteiger partial charge is 0.326 e. The van der Waals surface area contributed by atoms with E-state index in [0.717, 1.165) is 53.5 Å². The topological polar surface area (TPSA) is 89.1 Å². The average Bonchev–Trinajstić information content (AvgIpc) is 3.46. The molecule has 4 rings (SSSR count). The van der Waals surface area contributed by atoms with Gasteiger partial charge < -0.3 is 19.2 Å². The Bertz CT molecular complexity index is 1220. The molecule has 1 aliphatic rings. The first-order valence-corrected chi connectivity index (χ1v) is 11.0. The largest absolute Gasteiger partial charge is 0.454 e. The van der Waals surface area contributed by atoms with Crippen molar-refractivity contribution < 1.29 is 14.3 Å². The summed E-state index contributed by atoms with van der Waals surface area (Å²) in [6.07, 6.45) is 4.34. The Kier molecular flexibility index (Phi) is 6.04. The van der Waals surface area contributed by atoms with Gasteiger partial charge in [0.15, 0.2) is 6.61 Å². The summed E-state index contributed by atoms with van der Waals surface area (Å²) in [7, 11) is 0. The van der Waals surface area contributed by atoms with Gasteiger partial charge in [-0.25, -0.2) is 0 Å². The Balaban J connectivity index is 1.44. The third-order valence-electron chi connectivity index (χ3n) is 6.49. The van der Waals surface area contributed by atoms with Crippen LogP contribution in [0.15, 0.2) is 30.3 Å². The Morgan fingerprint density at radius 2 is 1.91 bits per heavy atom. The Labute approximate surface area is 187 Å². The van der Waals surface area contributed by atoms with E-state index in [4.69, 9.17) is 4.74 Å². The fourth-order valence-electron chi connectivity index (χ4n) is 4.75. The summed E-state index contributed by atoms with van der Waals surface area (Å²) in [6, 6.07) is 12.3. The van der Waals surface area contributed by atoms with Crippen molar-refractivity contribution in [2.45, 2.75) is 59.0 Å². The number of rotatable bonds is 6. The summed E-state index contributed by atoms with van der Waals surface area (Å²) in [6.45, 7) is 5.46. The molecule has 166 valence electrons. The molecule has 0 aliphatic heterocycles. The number of carbonyl (C=O) groups excluding carboxylic acids is 2. The number of carbonyl (C=O) groups is 2. The van der Waals surface area contributed by atoms with Crippen molar-refractivity contribution in [3.8, 4) is 6.07 Å². The molecule has 0 saturated heterocycles. The zero-order chi connectivity index (χ0) is 22.8. The molecule has 0 atom stereocenters. The van der Waals surface area contributed by atoms with E-state index in [0.29, 0.717) is 11.4 Å². The second-order valence-electron chi connectivity index (χ2n) is 8.49. The normalized spacial score (nSPS) is 13.9. The molecule has 2 heterocycles. The van der Waals surface area contributed by atoms with Crippen molar-refractivity contribution >= 4 is 28.6 Å². The molecule has 0 unspecified atom stereocenters. The number of aryl methyl sites for hydroxylation is 1. The van der Waals surface area contributed by atoms with Gasteiger partial charge in [-0.15, -0.1) is 0 Å². The first-order valence-electron chi connectivity index (χ1n) is 11.0. The van der Waals surface area contributed by atoms with Gasteiger partial charge in [0, 0.05) is 22.9 Å². The molecule has 0 spiro atoms. The Hall–Kier alpha value is -3.53. The number of nitriles is 1. The molecule has 1 N–H and O–H groups in total. The van der Waals surface area contributed by atoms with E-state index in [2.05, 4.69) is 16.0 Å². The number of anilines is 1. The van der Waals surface area contributed by atoms with Crippen molar-refractivity contribution in [3.05, 3.63) is 52.8 Å². The number of fused-ring (bicyclic) bond motifs is 1. The quantitative estimate of drug-likeness (QED) is 0.579. The number of nitrogens with one attached hydrogen (secondary N) is 1. The zero-order valence-electron chi connectivity index (χ0n) is 18.8. The van der Waals surface area contributed by atoms with Gasteiger partial charge in [-0.3, -0.25) is 9.59 Å². The van der Waals surface area contributed by atoms with Crippen molar-refractivity contribution in [1.29, 1.82) is 5.26 Å². The maximum atomic E-state index is 12.6. The van der Waals surface area contributed by atoms with Gasteiger partial charge in [-0.2, -0.15) is 5.26 Å². The lowest BCUT2D eigenvalue weighted by molar-refractivity contribution is -0.147. The number of nitrogens with zero attached hydrogens (tertiary/aromatic N) is 3. The second kappa shape index (κ2) is 8.91. The molecule has 1 amide bonds. The SMILES string of the molecule is Cc1c(C#N)c(NC(=O)COC(=O)Cn2c(C)cc3ccccc32)n(C2CCCC2)c1C. The van der Waals surface area contributed by atoms with Crippen LogP contribution >= 0.6 is 0 Å². The molecule has 0 radical (unpaired) electrons. The van der Waals surface area contributed by atoms with Crippen LogP contribution in [0.3, 0.4) is 0 Å². The minimum atomic E-state index is -0.483. The summed E-state index contributed by atoms with van der Waals surface area (Å²) >= 11 is 0. The van der Waals surface area contributed by atoms with Crippen LogP contribution in [0.4, 0.5) is 5.82 Å². The molecule has 1 saturated carbocycles. The van der Waals surface area contributed by atoms with Crippen LogP contribution in [0.1, 0.15) is 54.2 Å². The highest BCUT2D eigenvalue weighted by Gasteiger charge is 2.27. The first kappa shape index (κ1) is 21.7. The number of amides is 1. The number of esters is 1. The van der Waals surface area contributed by atoms with Crippen LogP contribution in [-0.4, -0.2) is 27.6 Å². The van der Waals surface area contributed by atoms with E-state index < -0.39 is 18.5 Å². The maximum Gasteiger partial charge on any atom is 0.326 e. The summed E-state index contributed by atoms with van der Waals surface area (Å²) in [5, 5.41) is 13.6. The molecule has 7 nitrogen and oxygen atoms in total. The Morgan fingerprint density at radius 1 is 1.19 bits per heavy atom. The van der Waals surface area contributed by atoms with Crippen LogP contribution in [0.25, 0.3) is 10.9 Å². The van der Waals surface area contributed by atoms with Crippen LogP contribution in [0.2, 0.25) is 0 Å². The molecular formula is C25H28N4O3. The van der Waals surface area contributed by atoms with Gasteiger partial charge >= 0.3 is 5.97 Å². The number of aromatic nitrogens is 2. The monoisotopic (exact) mass is 432 g/mol. The number of benzene rings is 1. The predicted molar refractivity (Wildman–Crippen MR) is 122 cm³/mol. The first-order chi connectivity index (χ1) is 15.4. The fraction of sp³-hybridized carbons (Fsp3) is 0.400. The fourth-order valence-corrected chi connectivity index (χ4v) is 4.75. The molecule has 1 aliphatic carbocycles. The molecule has 0 bridgehead atoms. The highest BCUT2D eigenvalue weighted by molar-refractivity contribution is 5.94. The van der Waals surface area contributed by atoms with E-state index in [1.54, 1.807) is 0 Å². The van der Waals surface area contributed by atoms with Crippen molar-refractivity contribution in [2.24, 2.45) is 0 Å². The zero-order valence-corrected chi connectivity index (χ0v) is 18.8.